The maximum Gasteiger partial charge on any atom is 0.409 e. The quantitative estimate of drug-likeness (QED) is 0.762. The highest BCUT2D eigenvalue weighted by molar-refractivity contribution is 7.89. The number of hydrogen-bond acceptors (Lipinski definition) is 3. The monoisotopic (exact) mass is 408 g/mol. The second-order valence-corrected chi connectivity index (χ2v) is 7.84. The van der Waals surface area contributed by atoms with Crippen molar-refractivity contribution >= 4 is 21.6 Å². The van der Waals surface area contributed by atoms with Gasteiger partial charge in [-0.3, -0.25) is 4.79 Å². The Bertz CT molecular complexity index is 940. The first-order chi connectivity index (χ1) is 12.0. The number of halogens is 4. The van der Waals surface area contributed by atoms with Crippen LogP contribution in [0.5, 0.6) is 0 Å². The molecule has 2 aromatic rings. The second kappa shape index (κ2) is 7.42. The Balaban J connectivity index is 2.61. The molecule has 1 atom stereocenters. The van der Waals surface area contributed by atoms with E-state index in [0.717, 1.165) is 28.8 Å². The standard InChI is InChI=1S/C16H16ClF3N2O3S/c1-3-22(26(24,25)13-8-9-21(2)14(23)10-13)15(16(18,19)20)11-4-6-12(17)7-5-11/h4-10,15H,3H2,1-2H3. The van der Waals surface area contributed by atoms with E-state index in [2.05, 4.69) is 0 Å². The minimum absolute atomic E-state index is 0.229. The smallest absolute Gasteiger partial charge is 0.319 e. The van der Waals surface area contributed by atoms with Gasteiger partial charge >= 0.3 is 6.18 Å². The SMILES string of the molecule is CCN(C(c1ccc(Cl)cc1)C(F)(F)F)S(=O)(=O)c1ccn(C)c(=O)c1. The van der Waals surface area contributed by atoms with Crippen LogP contribution in [0.2, 0.25) is 5.02 Å². The maximum absolute atomic E-state index is 13.7. The molecular formula is C16H16ClF3N2O3S. The van der Waals surface area contributed by atoms with Gasteiger partial charge in [0.05, 0.1) is 4.90 Å². The zero-order valence-corrected chi connectivity index (χ0v) is 15.4. The van der Waals surface area contributed by atoms with E-state index in [1.807, 2.05) is 0 Å². The number of nitrogens with zero attached hydrogens (tertiary/aromatic N) is 2. The van der Waals surface area contributed by atoms with Crippen LogP contribution in [0.4, 0.5) is 13.2 Å². The van der Waals surface area contributed by atoms with E-state index < -0.39 is 39.2 Å². The molecule has 2 rings (SSSR count). The fourth-order valence-electron chi connectivity index (χ4n) is 2.48. The molecule has 0 N–H and O–H groups in total. The third-order valence-electron chi connectivity index (χ3n) is 3.78. The van der Waals surface area contributed by atoms with Crippen molar-refractivity contribution < 1.29 is 21.6 Å². The zero-order valence-electron chi connectivity index (χ0n) is 13.9. The predicted molar refractivity (Wildman–Crippen MR) is 91.5 cm³/mol. The molecule has 26 heavy (non-hydrogen) atoms. The summed E-state index contributed by atoms with van der Waals surface area (Å²) in [6.45, 7) is 0.859. The molecule has 0 fully saturated rings. The predicted octanol–water partition coefficient (Wildman–Crippen LogP) is 3.35. The zero-order chi connectivity index (χ0) is 19.7. The van der Waals surface area contributed by atoms with Gasteiger partial charge in [0.2, 0.25) is 10.0 Å². The third kappa shape index (κ3) is 4.11. The molecule has 0 radical (unpaired) electrons. The van der Waals surface area contributed by atoms with Crippen LogP contribution in [-0.4, -0.2) is 30.0 Å². The summed E-state index contributed by atoms with van der Waals surface area (Å²) in [6, 6.07) is 4.26. The van der Waals surface area contributed by atoms with E-state index in [-0.39, 0.29) is 10.6 Å². The highest BCUT2D eigenvalue weighted by Gasteiger charge is 2.48. The summed E-state index contributed by atoms with van der Waals surface area (Å²) in [6.07, 6.45) is -3.68. The van der Waals surface area contributed by atoms with Crippen molar-refractivity contribution in [2.75, 3.05) is 6.54 Å². The molecule has 1 heterocycles. The van der Waals surface area contributed by atoms with Crippen molar-refractivity contribution in [3.63, 3.8) is 0 Å². The average molecular weight is 409 g/mol. The molecule has 142 valence electrons. The van der Waals surface area contributed by atoms with Crippen LogP contribution in [0.15, 0.2) is 52.3 Å². The van der Waals surface area contributed by atoms with E-state index in [1.165, 1.54) is 32.3 Å². The Morgan fingerprint density at radius 3 is 2.23 bits per heavy atom. The molecule has 0 aliphatic carbocycles. The summed E-state index contributed by atoms with van der Waals surface area (Å²) in [5, 5.41) is 0.229. The average Bonchev–Trinajstić information content (AvgIpc) is 2.54. The van der Waals surface area contributed by atoms with Crippen molar-refractivity contribution in [1.82, 2.24) is 8.87 Å². The van der Waals surface area contributed by atoms with Gasteiger partial charge < -0.3 is 4.57 Å². The lowest BCUT2D eigenvalue weighted by atomic mass is 10.1. The first-order valence-corrected chi connectivity index (χ1v) is 9.31. The van der Waals surface area contributed by atoms with E-state index >= 15 is 0 Å². The number of pyridine rings is 1. The number of benzene rings is 1. The summed E-state index contributed by atoms with van der Waals surface area (Å²) >= 11 is 5.71. The summed E-state index contributed by atoms with van der Waals surface area (Å²) < 4.78 is 68.2. The largest absolute Gasteiger partial charge is 0.409 e. The summed E-state index contributed by atoms with van der Waals surface area (Å²) in [5.41, 5.74) is -0.909. The van der Waals surface area contributed by atoms with Crippen LogP contribution in [-0.2, 0) is 17.1 Å². The number of sulfonamides is 1. The van der Waals surface area contributed by atoms with Crippen LogP contribution in [0.3, 0.4) is 0 Å². The number of hydrogen-bond donors (Lipinski definition) is 0. The van der Waals surface area contributed by atoms with Gasteiger partial charge in [0, 0.05) is 30.9 Å². The Morgan fingerprint density at radius 2 is 1.77 bits per heavy atom. The maximum atomic E-state index is 13.7. The number of aromatic nitrogens is 1. The normalized spacial score (nSPS) is 13.8. The van der Waals surface area contributed by atoms with Gasteiger partial charge in [-0.25, -0.2) is 8.42 Å². The fraction of sp³-hybridized carbons (Fsp3) is 0.312. The lowest BCUT2D eigenvalue weighted by molar-refractivity contribution is -0.173. The van der Waals surface area contributed by atoms with Crippen molar-refractivity contribution in [1.29, 1.82) is 0 Å². The van der Waals surface area contributed by atoms with Crippen LogP contribution in [0.25, 0.3) is 0 Å². The number of rotatable bonds is 5. The first-order valence-electron chi connectivity index (χ1n) is 7.49. The Labute approximate surface area is 153 Å². The molecule has 0 spiro atoms. The van der Waals surface area contributed by atoms with Crippen molar-refractivity contribution in [2.24, 2.45) is 7.05 Å². The third-order valence-corrected chi connectivity index (χ3v) is 5.97. The van der Waals surface area contributed by atoms with Crippen molar-refractivity contribution in [3.05, 3.63) is 63.5 Å². The molecule has 5 nitrogen and oxygen atoms in total. The van der Waals surface area contributed by atoms with Crippen LogP contribution >= 0.6 is 11.6 Å². The van der Waals surface area contributed by atoms with Crippen LogP contribution in [0, 0.1) is 0 Å². The molecular weight excluding hydrogens is 393 g/mol. The van der Waals surface area contributed by atoms with Crippen LogP contribution in [0.1, 0.15) is 18.5 Å². The summed E-state index contributed by atoms with van der Waals surface area (Å²) in [4.78, 5) is 11.2. The van der Waals surface area contributed by atoms with Gasteiger partial charge in [0.15, 0.2) is 0 Å². The number of aryl methyl sites for hydroxylation is 1. The van der Waals surface area contributed by atoms with E-state index in [9.17, 15) is 26.4 Å². The van der Waals surface area contributed by atoms with Gasteiger partial charge in [0.25, 0.3) is 5.56 Å². The van der Waals surface area contributed by atoms with Gasteiger partial charge in [-0.15, -0.1) is 0 Å². The van der Waals surface area contributed by atoms with Gasteiger partial charge in [0.1, 0.15) is 6.04 Å². The Hall–Kier alpha value is -1.84. The Kier molecular flexibility index (Phi) is 5.84. The van der Waals surface area contributed by atoms with Gasteiger partial charge in [-0.05, 0) is 23.8 Å². The second-order valence-electron chi connectivity index (χ2n) is 5.52. The lowest BCUT2D eigenvalue weighted by Crippen LogP contribution is -2.42. The van der Waals surface area contributed by atoms with Gasteiger partial charge in [-0.2, -0.15) is 17.5 Å². The van der Waals surface area contributed by atoms with E-state index in [4.69, 9.17) is 11.6 Å². The minimum Gasteiger partial charge on any atom is -0.319 e. The molecule has 10 heteroatoms. The van der Waals surface area contributed by atoms with E-state index in [0.29, 0.717) is 4.31 Å². The molecule has 1 unspecified atom stereocenters. The molecule has 1 aromatic carbocycles. The summed E-state index contributed by atoms with van der Waals surface area (Å²) in [7, 11) is -3.16. The van der Waals surface area contributed by atoms with Crippen molar-refractivity contribution in [2.45, 2.75) is 24.0 Å². The number of alkyl halides is 3. The fourth-order valence-corrected chi connectivity index (χ4v) is 4.22. The molecule has 1 aromatic heterocycles. The van der Waals surface area contributed by atoms with Crippen LogP contribution < -0.4 is 5.56 Å². The molecule has 0 aliphatic rings. The highest BCUT2D eigenvalue weighted by Crippen LogP contribution is 2.40. The molecule has 0 bridgehead atoms. The molecule has 0 amide bonds. The topological polar surface area (TPSA) is 59.4 Å². The Morgan fingerprint density at radius 1 is 1.19 bits per heavy atom. The first kappa shape index (κ1) is 20.5. The lowest BCUT2D eigenvalue weighted by Gasteiger charge is -2.31. The molecule has 0 saturated carbocycles. The minimum atomic E-state index is -4.86. The van der Waals surface area contributed by atoms with Crippen molar-refractivity contribution in [3.8, 4) is 0 Å². The summed E-state index contributed by atoms with van der Waals surface area (Å²) in [5.74, 6) is 0. The van der Waals surface area contributed by atoms with Gasteiger partial charge in [-0.1, -0.05) is 30.7 Å². The highest BCUT2D eigenvalue weighted by atomic mass is 35.5. The molecule has 0 aliphatic heterocycles. The molecule has 0 saturated heterocycles. The van der Waals surface area contributed by atoms with E-state index in [1.54, 1.807) is 0 Å².